The maximum Gasteiger partial charge on any atom is 0.414 e. The second kappa shape index (κ2) is 6.81. The molecule has 1 rings (SSSR count). The molecule has 0 aromatic heterocycles. The van der Waals surface area contributed by atoms with Crippen LogP contribution in [0.25, 0.3) is 0 Å². The van der Waals surface area contributed by atoms with Gasteiger partial charge in [0.25, 0.3) is 0 Å². The number of hydrogen-bond donors (Lipinski definition) is 0. The lowest BCUT2D eigenvalue weighted by Crippen LogP contribution is -2.17. The lowest BCUT2D eigenvalue weighted by Gasteiger charge is -2.12. The summed E-state index contributed by atoms with van der Waals surface area (Å²) in [6.07, 6.45) is -3.25. The number of halogens is 4. The number of ether oxygens (including phenoxy) is 1. The molecule has 0 saturated carbocycles. The van der Waals surface area contributed by atoms with Gasteiger partial charge in [-0.05, 0) is 5.56 Å². The molecule has 1 nitrogen and oxygen atoms in total. The van der Waals surface area contributed by atoms with Crippen molar-refractivity contribution in [3.63, 3.8) is 0 Å². The van der Waals surface area contributed by atoms with Crippen LogP contribution in [-0.2, 0) is 11.3 Å². The zero-order chi connectivity index (χ0) is 12.7. The van der Waals surface area contributed by atoms with Gasteiger partial charge in [0, 0.05) is 5.33 Å². The molecule has 1 aromatic rings. The van der Waals surface area contributed by atoms with E-state index in [1.54, 1.807) is 0 Å². The fraction of sp³-hybridized carbons (Fsp3) is 0.333. The first-order valence-electron chi connectivity index (χ1n) is 4.98. The van der Waals surface area contributed by atoms with Crippen molar-refractivity contribution in [1.29, 1.82) is 0 Å². The lowest BCUT2D eigenvalue weighted by molar-refractivity contribution is -0.101. The van der Waals surface area contributed by atoms with Gasteiger partial charge in [0.2, 0.25) is 0 Å². The number of rotatable bonds is 5. The van der Waals surface area contributed by atoms with E-state index < -0.39 is 18.4 Å². The minimum Gasteiger partial charge on any atom is -0.372 e. The molecule has 0 aliphatic carbocycles. The summed E-state index contributed by atoms with van der Waals surface area (Å²) >= 11 is 2.95. The van der Waals surface area contributed by atoms with E-state index in [0.29, 0.717) is 0 Å². The topological polar surface area (TPSA) is 9.23 Å². The lowest BCUT2D eigenvalue weighted by atomic mass is 10.2. The summed E-state index contributed by atoms with van der Waals surface area (Å²) in [6, 6.07) is 9.09. The van der Waals surface area contributed by atoms with Gasteiger partial charge in [-0.15, -0.1) is 0 Å². The van der Waals surface area contributed by atoms with Gasteiger partial charge in [-0.3, -0.25) is 0 Å². The average Bonchev–Trinajstić information content (AvgIpc) is 2.28. The number of benzene rings is 1. The monoisotopic (exact) mass is 308 g/mol. The number of hydrogen-bond acceptors (Lipinski definition) is 1. The molecule has 0 fully saturated rings. The Morgan fingerprint density at radius 2 is 1.88 bits per heavy atom. The van der Waals surface area contributed by atoms with Crippen LogP contribution in [0.1, 0.15) is 5.56 Å². The molecule has 0 amide bonds. The number of allylic oxidation sites excluding steroid dienone is 1. The molecule has 1 aromatic carbocycles. The van der Waals surface area contributed by atoms with Crippen molar-refractivity contribution in [2.75, 3.05) is 11.9 Å². The Morgan fingerprint density at radius 3 is 2.41 bits per heavy atom. The molecule has 94 valence electrons. The largest absolute Gasteiger partial charge is 0.414 e. The summed E-state index contributed by atoms with van der Waals surface area (Å²) in [6.45, 7) is -0.249. The summed E-state index contributed by atoms with van der Waals surface area (Å²) in [5, 5.41) is 0.163. The Balaban J connectivity index is 2.46. The molecule has 0 radical (unpaired) electrons. The molecule has 0 N–H and O–H groups in total. The molecule has 0 unspecified atom stereocenters. The Bertz CT molecular complexity index is 360. The van der Waals surface area contributed by atoms with Gasteiger partial charge in [-0.1, -0.05) is 52.3 Å². The van der Waals surface area contributed by atoms with Crippen LogP contribution in [0.2, 0.25) is 0 Å². The zero-order valence-electron chi connectivity index (χ0n) is 9.01. The van der Waals surface area contributed by atoms with Crippen molar-refractivity contribution in [2.45, 2.75) is 12.8 Å². The summed E-state index contributed by atoms with van der Waals surface area (Å²) in [4.78, 5) is 0. The molecule has 0 aliphatic heterocycles. The number of alkyl halides is 4. The van der Waals surface area contributed by atoms with E-state index in [0.717, 1.165) is 11.6 Å². The van der Waals surface area contributed by atoms with Gasteiger partial charge in [0.15, 0.2) is 0 Å². The Kier molecular flexibility index (Phi) is 5.71. The molecule has 17 heavy (non-hydrogen) atoms. The van der Waals surface area contributed by atoms with E-state index in [2.05, 4.69) is 15.9 Å². The van der Waals surface area contributed by atoms with Crippen molar-refractivity contribution < 1.29 is 17.9 Å². The highest BCUT2D eigenvalue weighted by atomic mass is 79.9. The fourth-order valence-corrected chi connectivity index (χ4v) is 1.59. The van der Waals surface area contributed by atoms with Gasteiger partial charge >= 0.3 is 6.18 Å². The second-order valence-corrected chi connectivity index (χ2v) is 4.01. The maximum absolute atomic E-state index is 12.5. The second-order valence-electron chi connectivity index (χ2n) is 3.36. The van der Waals surface area contributed by atoms with E-state index in [9.17, 15) is 13.2 Å². The van der Waals surface area contributed by atoms with Crippen molar-refractivity contribution in [3.05, 3.63) is 47.5 Å². The predicted octanol–water partition coefficient (Wildman–Crippen LogP) is 4.09. The first kappa shape index (κ1) is 14.3. The van der Waals surface area contributed by atoms with Crippen LogP contribution in [0.5, 0.6) is 0 Å². The predicted molar refractivity (Wildman–Crippen MR) is 64.0 cm³/mol. The molecule has 0 saturated heterocycles. The molecule has 0 spiro atoms. The maximum atomic E-state index is 12.5. The van der Waals surface area contributed by atoms with E-state index in [4.69, 9.17) is 4.74 Å². The van der Waals surface area contributed by atoms with Gasteiger partial charge < -0.3 is 4.74 Å². The third-order valence-electron chi connectivity index (χ3n) is 2.06. The highest BCUT2D eigenvalue weighted by Crippen LogP contribution is 2.26. The van der Waals surface area contributed by atoms with Gasteiger partial charge in [0.1, 0.15) is 0 Å². The van der Waals surface area contributed by atoms with Crippen LogP contribution in [0, 0.1) is 0 Å². The average molecular weight is 309 g/mol. The Hall–Kier alpha value is -0.810. The van der Waals surface area contributed by atoms with Crippen molar-refractivity contribution in [1.82, 2.24) is 0 Å². The van der Waals surface area contributed by atoms with Crippen molar-refractivity contribution >= 4 is 15.9 Å². The van der Waals surface area contributed by atoms with Crippen LogP contribution < -0.4 is 0 Å². The highest BCUT2D eigenvalue weighted by Gasteiger charge is 2.33. The summed E-state index contributed by atoms with van der Waals surface area (Å²) in [5.74, 6) is 0. The minimum atomic E-state index is -4.33. The zero-order valence-corrected chi connectivity index (χ0v) is 10.6. The van der Waals surface area contributed by atoms with Crippen molar-refractivity contribution in [3.8, 4) is 0 Å². The van der Waals surface area contributed by atoms with Crippen LogP contribution in [0.4, 0.5) is 13.2 Å². The Labute approximate surface area is 106 Å². The first-order chi connectivity index (χ1) is 8.04. The van der Waals surface area contributed by atoms with E-state index >= 15 is 0 Å². The van der Waals surface area contributed by atoms with E-state index in [1.807, 2.05) is 30.3 Å². The van der Waals surface area contributed by atoms with Crippen LogP contribution in [-0.4, -0.2) is 18.1 Å². The molecule has 0 bridgehead atoms. The molecule has 0 heterocycles. The smallest absolute Gasteiger partial charge is 0.372 e. The summed E-state index contributed by atoms with van der Waals surface area (Å²) < 4.78 is 42.4. The first-order valence-corrected chi connectivity index (χ1v) is 6.10. The Morgan fingerprint density at radius 1 is 1.24 bits per heavy atom. The molecule has 0 aliphatic rings. The van der Waals surface area contributed by atoms with Gasteiger partial charge in [-0.25, -0.2) is 0 Å². The third kappa shape index (κ3) is 5.37. The van der Waals surface area contributed by atoms with Gasteiger partial charge in [0.05, 0.1) is 18.8 Å². The molecule has 5 heteroatoms. The minimum absolute atomic E-state index is 0.163. The standard InChI is InChI=1S/C12H12BrF3O/c13-7-6-11(12(14,15)16)9-17-8-10-4-2-1-3-5-10/h1-6H,7-9H2. The van der Waals surface area contributed by atoms with E-state index in [-0.39, 0.29) is 11.9 Å². The molecular formula is C12H12BrF3O. The SMILES string of the molecule is FC(F)(F)C(=CCBr)COCc1ccccc1. The van der Waals surface area contributed by atoms with Crippen molar-refractivity contribution in [2.24, 2.45) is 0 Å². The molecule has 0 atom stereocenters. The fourth-order valence-electron chi connectivity index (χ4n) is 1.20. The van der Waals surface area contributed by atoms with Crippen LogP contribution in [0.3, 0.4) is 0 Å². The highest BCUT2D eigenvalue weighted by molar-refractivity contribution is 9.09. The van der Waals surface area contributed by atoms with E-state index in [1.165, 1.54) is 0 Å². The third-order valence-corrected chi connectivity index (χ3v) is 2.38. The summed E-state index contributed by atoms with van der Waals surface area (Å²) in [5.41, 5.74) is 0.193. The van der Waals surface area contributed by atoms with Gasteiger partial charge in [-0.2, -0.15) is 13.2 Å². The molecular weight excluding hydrogens is 297 g/mol. The quantitative estimate of drug-likeness (QED) is 0.588. The van der Waals surface area contributed by atoms with Crippen LogP contribution >= 0.6 is 15.9 Å². The normalized spacial score (nSPS) is 12.8. The summed E-state index contributed by atoms with van der Waals surface area (Å²) in [7, 11) is 0. The van der Waals surface area contributed by atoms with Crippen LogP contribution in [0.15, 0.2) is 42.0 Å².